The summed E-state index contributed by atoms with van der Waals surface area (Å²) in [6, 6.07) is 21.7. The molecular weight excluding hydrogens is 469 g/mol. The largest absolute Gasteiger partial charge is 0.416 e. The fraction of sp³-hybridized carbons (Fsp3) is 0.269. The van der Waals surface area contributed by atoms with Crippen molar-refractivity contribution in [1.82, 2.24) is 5.12 Å². The van der Waals surface area contributed by atoms with Crippen LogP contribution in [-0.2, 0) is 6.18 Å². The van der Waals surface area contributed by atoms with Crippen molar-refractivity contribution in [3.05, 3.63) is 90.0 Å². The Morgan fingerprint density at radius 1 is 0.972 bits per heavy atom. The highest BCUT2D eigenvalue weighted by atomic mass is 19.4. The van der Waals surface area contributed by atoms with E-state index in [9.17, 15) is 18.3 Å². The van der Waals surface area contributed by atoms with E-state index >= 15 is 0 Å². The van der Waals surface area contributed by atoms with Crippen LogP contribution in [0.2, 0.25) is 0 Å². The van der Waals surface area contributed by atoms with Crippen molar-refractivity contribution in [2.75, 3.05) is 29.9 Å². The van der Waals surface area contributed by atoms with Crippen molar-refractivity contribution in [2.24, 2.45) is 16.7 Å². The molecule has 6 N–H and O–H groups in total. The van der Waals surface area contributed by atoms with E-state index in [0.717, 1.165) is 22.9 Å². The normalized spacial score (nSPS) is 16.0. The monoisotopic (exact) mass is 498 g/mol. The van der Waals surface area contributed by atoms with Crippen molar-refractivity contribution in [3.8, 4) is 0 Å². The predicted molar refractivity (Wildman–Crippen MR) is 136 cm³/mol. The minimum atomic E-state index is -4.40. The second-order valence-electron chi connectivity index (χ2n) is 8.88. The van der Waals surface area contributed by atoms with Crippen LogP contribution in [-0.4, -0.2) is 41.3 Å². The Morgan fingerprint density at radius 3 is 2.22 bits per heavy atom. The highest BCUT2D eigenvalue weighted by Gasteiger charge is 2.34. The molecule has 0 atom stereocenters. The molecule has 3 aromatic carbocycles. The molecule has 3 aromatic rings. The third-order valence-electron chi connectivity index (χ3n) is 6.20. The maximum absolute atomic E-state index is 12.8. The number of benzene rings is 3. The number of halogens is 3. The zero-order valence-electron chi connectivity index (χ0n) is 19.6. The standard InChI is InChI=1S/C26H29F3N6O/c27-26(28,29)19-10-12-20(13-11-19)32-23-9-5-4-8-22(23)24(30)33-35(31)18-25(36)14-16-34(17-15-25)21-6-2-1-3-7-21/h1-13,32,36H,14-18,31H2,(H2,30,33). The summed E-state index contributed by atoms with van der Waals surface area (Å²) in [5.41, 5.74) is 7.15. The van der Waals surface area contributed by atoms with Crippen molar-refractivity contribution >= 4 is 22.9 Å². The highest BCUT2D eigenvalue weighted by Crippen LogP contribution is 2.31. The molecule has 0 bridgehead atoms. The van der Waals surface area contributed by atoms with Crippen LogP contribution >= 0.6 is 0 Å². The molecule has 0 radical (unpaired) electrons. The van der Waals surface area contributed by atoms with Crippen LogP contribution < -0.4 is 21.8 Å². The topological polar surface area (TPSA) is 103 Å². The molecule has 0 saturated carbocycles. The Morgan fingerprint density at radius 2 is 1.58 bits per heavy atom. The number of nitrogens with zero attached hydrogens (tertiary/aromatic N) is 3. The zero-order valence-corrected chi connectivity index (χ0v) is 19.6. The second-order valence-corrected chi connectivity index (χ2v) is 8.88. The predicted octanol–water partition coefficient (Wildman–Crippen LogP) is 4.28. The molecule has 0 aliphatic carbocycles. The lowest BCUT2D eigenvalue weighted by atomic mass is 9.91. The van der Waals surface area contributed by atoms with Gasteiger partial charge in [0.1, 0.15) is 0 Å². The highest BCUT2D eigenvalue weighted by molar-refractivity contribution is 6.02. The lowest BCUT2D eigenvalue weighted by Gasteiger charge is -2.40. The first kappa shape index (κ1) is 25.3. The number of para-hydroxylation sites is 2. The first-order chi connectivity index (χ1) is 17.1. The van der Waals surface area contributed by atoms with Crippen LogP contribution in [0.4, 0.5) is 30.2 Å². The van der Waals surface area contributed by atoms with E-state index in [4.69, 9.17) is 11.6 Å². The van der Waals surface area contributed by atoms with Gasteiger partial charge in [-0.15, -0.1) is 5.10 Å². The van der Waals surface area contributed by atoms with Crippen LogP contribution in [0.1, 0.15) is 24.0 Å². The summed E-state index contributed by atoms with van der Waals surface area (Å²) in [7, 11) is 0. The molecular formula is C26H29F3N6O. The van der Waals surface area contributed by atoms with Crippen molar-refractivity contribution in [3.63, 3.8) is 0 Å². The SMILES string of the molecule is N/C(=N\N(N)CC1(O)CCN(c2ccccc2)CC1)c1ccccc1Nc1ccc(C(F)(F)F)cc1. The minimum absolute atomic E-state index is 0.102. The zero-order chi connectivity index (χ0) is 25.8. The minimum Gasteiger partial charge on any atom is -0.388 e. The molecule has 4 rings (SSSR count). The molecule has 0 aromatic heterocycles. The maximum atomic E-state index is 12.8. The third-order valence-corrected chi connectivity index (χ3v) is 6.20. The number of piperidine rings is 1. The van der Waals surface area contributed by atoms with Crippen LogP contribution in [0.3, 0.4) is 0 Å². The van der Waals surface area contributed by atoms with Crippen LogP contribution in [0.25, 0.3) is 0 Å². The molecule has 1 aliphatic heterocycles. The van der Waals surface area contributed by atoms with Crippen molar-refractivity contribution in [1.29, 1.82) is 0 Å². The summed E-state index contributed by atoms with van der Waals surface area (Å²) in [5.74, 6) is 6.21. The van der Waals surface area contributed by atoms with E-state index < -0.39 is 17.3 Å². The molecule has 1 saturated heterocycles. The average molecular weight is 499 g/mol. The van der Waals surface area contributed by atoms with E-state index in [1.54, 1.807) is 24.3 Å². The summed E-state index contributed by atoms with van der Waals surface area (Å²) in [6.45, 7) is 1.48. The van der Waals surface area contributed by atoms with Crippen LogP contribution in [0.15, 0.2) is 84.0 Å². The average Bonchev–Trinajstić information content (AvgIpc) is 2.85. The van der Waals surface area contributed by atoms with Crippen molar-refractivity contribution in [2.45, 2.75) is 24.6 Å². The number of amidine groups is 1. The first-order valence-corrected chi connectivity index (χ1v) is 11.6. The molecule has 190 valence electrons. The number of nitrogens with one attached hydrogen (secondary N) is 1. The molecule has 1 aliphatic rings. The number of hydrogen-bond acceptors (Lipinski definition) is 6. The number of anilines is 3. The quantitative estimate of drug-likeness (QED) is 0.168. The summed E-state index contributed by atoms with van der Waals surface area (Å²) >= 11 is 0. The van der Waals surface area contributed by atoms with Gasteiger partial charge in [-0.3, -0.25) is 0 Å². The fourth-order valence-electron chi connectivity index (χ4n) is 4.22. The second kappa shape index (κ2) is 10.5. The molecule has 0 amide bonds. The van der Waals surface area contributed by atoms with Gasteiger partial charge in [0.15, 0.2) is 5.84 Å². The number of alkyl halides is 3. The van der Waals surface area contributed by atoms with Gasteiger partial charge in [0.2, 0.25) is 0 Å². The van der Waals surface area contributed by atoms with Gasteiger partial charge in [-0.2, -0.15) is 13.2 Å². The molecule has 0 spiro atoms. The van der Waals surface area contributed by atoms with Gasteiger partial charge < -0.3 is 21.1 Å². The number of aliphatic hydroxyl groups is 1. The molecule has 7 nitrogen and oxygen atoms in total. The lowest BCUT2D eigenvalue weighted by Crippen LogP contribution is -2.51. The number of hydrogen-bond donors (Lipinski definition) is 4. The van der Waals surface area contributed by atoms with E-state index in [2.05, 4.69) is 15.3 Å². The van der Waals surface area contributed by atoms with E-state index in [-0.39, 0.29) is 12.4 Å². The van der Waals surface area contributed by atoms with Gasteiger partial charge >= 0.3 is 6.18 Å². The van der Waals surface area contributed by atoms with Crippen molar-refractivity contribution < 1.29 is 18.3 Å². The van der Waals surface area contributed by atoms with E-state index in [1.165, 1.54) is 12.1 Å². The summed E-state index contributed by atoms with van der Waals surface area (Å²) < 4.78 is 38.5. The molecule has 1 fully saturated rings. The maximum Gasteiger partial charge on any atom is 0.416 e. The molecule has 36 heavy (non-hydrogen) atoms. The van der Waals surface area contributed by atoms with Gasteiger partial charge in [-0.05, 0) is 61.4 Å². The van der Waals surface area contributed by atoms with Crippen LogP contribution in [0.5, 0.6) is 0 Å². The molecule has 0 unspecified atom stereocenters. The Kier molecular flexibility index (Phi) is 7.37. The third kappa shape index (κ3) is 6.27. The smallest absolute Gasteiger partial charge is 0.388 e. The molecule has 1 heterocycles. The van der Waals surface area contributed by atoms with Gasteiger partial charge in [0.25, 0.3) is 0 Å². The van der Waals surface area contributed by atoms with Gasteiger partial charge in [0.05, 0.1) is 17.7 Å². The Bertz CT molecular complexity index is 1180. The lowest BCUT2D eigenvalue weighted by molar-refractivity contribution is -0.137. The Hall–Kier alpha value is -3.76. The van der Waals surface area contributed by atoms with Gasteiger partial charge in [-0.1, -0.05) is 30.3 Å². The summed E-state index contributed by atoms with van der Waals surface area (Å²) in [4.78, 5) is 2.22. The number of nitrogens with two attached hydrogens (primary N) is 2. The van der Waals surface area contributed by atoms with Gasteiger partial charge in [0, 0.05) is 35.7 Å². The summed E-state index contributed by atoms with van der Waals surface area (Å²) in [6.07, 6.45) is -3.35. The van der Waals surface area contributed by atoms with E-state index in [1.807, 2.05) is 30.3 Å². The number of rotatable bonds is 7. The van der Waals surface area contributed by atoms with Crippen LogP contribution in [0, 0.1) is 0 Å². The first-order valence-electron chi connectivity index (χ1n) is 11.6. The Balaban J connectivity index is 1.41. The number of hydrazone groups is 1. The number of hydrazine groups is 1. The van der Waals surface area contributed by atoms with Gasteiger partial charge in [-0.25, -0.2) is 11.0 Å². The fourth-order valence-corrected chi connectivity index (χ4v) is 4.22. The summed E-state index contributed by atoms with van der Waals surface area (Å²) in [5, 5.41) is 19.5. The molecule has 10 heteroatoms. The Labute approximate surface area is 207 Å². The van der Waals surface area contributed by atoms with E-state index in [0.29, 0.717) is 42.9 Å².